The van der Waals surface area contributed by atoms with Crippen LogP contribution in [-0.2, 0) is 62.3 Å². The van der Waals surface area contributed by atoms with E-state index in [1.54, 1.807) is 0 Å². The maximum absolute atomic E-state index is 14.2. The van der Waals surface area contributed by atoms with E-state index in [4.69, 9.17) is 5.73 Å². The molecule has 3 aliphatic heterocycles. The van der Waals surface area contributed by atoms with Crippen LogP contribution in [0.5, 0.6) is 5.75 Å². The Balaban J connectivity index is 1.58. The van der Waals surface area contributed by atoms with Gasteiger partial charge in [0.25, 0.3) is 0 Å². The van der Waals surface area contributed by atoms with Crippen LogP contribution in [0.25, 0.3) is 11.3 Å². The number of primary amides is 1. The van der Waals surface area contributed by atoms with Crippen LogP contribution in [0.1, 0.15) is 84.6 Å². The fraction of sp³-hybridized carbons (Fsp3) is 0.551. The molecule has 12 amide bonds. The minimum absolute atomic E-state index is 0.0261. The molecule has 35 nitrogen and oxygen atoms in total. The van der Waals surface area contributed by atoms with E-state index in [2.05, 4.69) is 53.2 Å². The largest absolute Gasteiger partial charge is 0.504 e. The molecule has 4 rings (SSSR count). The van der Waals surface area contributed by atoms with Crippen molar-refractivity contribution in [1.82, 2.24) is 57.2 Å². The molecule has 35 heteroatoms. The number of fused-ring (bicyclic) bond motifs is 3. The molecule has 9 atom stereocenters. The minimum Gasteiger partial charge on any atom is -0.504 e. The van der Waals surface area contributed by atoms with Crippen molar-refractivity contribution in [2.75, 3.05) is 50.0 Å². The quantitative estimate of drug-likeness (QED) is 0.0343. The number of carboxylic acids is 1. The van der Waals surface area contributed by atoms with Gasteiger partial charge in [-0.1, -0.05) is 0 Å². The summed E-state index contributed by atoms with van der Waals surface area (Å²) in [6.45, 7) is 0.200. The number of phenolic OH excluding ortho intramolecular Hbond substituents is 1. The number of nitrogens with two attached hydrogens (primary N) is 1. The molecule has 1 fully saturated rings. The van der Waals surface area contributed by atoms with Gasteiger partial charge in [0.05, 0.1) is 37.4 Å². The van der Waals surface area contributed by atoms with Crippen LogP contribution in [0.4, 0.5) is 11.5 Å². The highest BCUT2D eigenvalue weighted by atomic mass is 16.5. The van der Waals surface area contributed by atoms with Crippen molar-refractivity contribution in [2.24, 2.45) is 5.73 Å². The smallest absolute Gasteiger partial charge is 0.305 e. The maximum atomic E-state index is 14.2. The van der Waals surface area contributed by atoms with Gasteiger partial charge < -0.3 is 89.0 Å². The monoisotopic (exact) mass is 1190 g/mol. The van der Waals surface area contributed by atoms with Crippen LogP contribution in [0, 0.1) is 0 Å². The van der Waals surface area contributed by atoms with E-state index in [0.29, 0.717) is 10.1 Å². The number of aliphatic hydroxyl groups is 3. The second kappa shape index (κ2) is 31.4. The number of hydroxylamine groups is 4. The first-order chi connectivity index (χ1) is 39.6. The van der Waals surface area contributed by atoms with E-state index in [-0.39, 0.29) is 80.9 Å². The first kappa shape index (κ1) is 67.4. The standard InChI is InChI=1S/C49H70N14O21/c1-22(53-48(81)32(21-65)60-49(82)33-10-12-51-41-29(54-38(71)19-37(70)40(50)74)15-25-16-35(68)36(69)18-34(25)63(33)41)42(75)55-27(8-5-13-61(83)23(2)66)44(77)56-26-7-4-11-52-43(76)31(20-64)59-46(79)28(9-6-14-62(84)24(3)67)57-47(80)30(17-39(72)73)58-45(26)78/h15-16,18,22,26-28,30-33,37,51,64-65,68,70,83-84H,4-14,17,19-21H2,1-3H3,(H2,50,74)(H,52,76)(H,53,81)(H,54,71)(H,55,75)(H,56,77)(H,57,80)(H,58,78)(H,59,79)(H,60,82)(H,72,73). The molecule has 0 aromatic rings. The van der Waals surface area contributed by atoms with Crippen molar-refractivity contribution >= 4 is 88.4 Å². The molecule has 1 aliphatic carbocycles. The highest BCUT2D eigenvalue weighted by molar-refractivity contribution is 6.00. The van der Waals surface area contributed by atoms with Crippen molar-refractivity contribution < 1.29 is 98.3 Å². The third-order valence-electron chi connectivity index (χ3n) is 13.2. The number of aromatic nitrogens is 1. The zero-order valence-electron chi connectivity index (χ0n) is 45.8. The molecule has 84 heavy (non-hydrogen) atoms. The second-order valence-electron chi connectivity index (χ2n) is 19.6. The number of nitrogens with zero attached hydrogens (tertiary/aromatic N) is 3. The third kappa shape index (κ3) is 19.3. The molecule has 0 bridgehead atoms. The highest BCUT2D eigenvalue weighted by Crippen LogP contribution is 2.39. The Kier molecular flexibility index (Phi) is 25.2. The first-order valence-corrected chi connectivity index (χ1v) is 26.3. The van der Waals surface area contributed by atoms with Crippen LogP contribution < -0.4 is 64.3 Å². The van der Waals surface area contributed by atoms with Gasteiger partial charge in [0.1, 0.15) is 60.3 Å². The van der Waals surface area contributed by atoms with Crippen LogP contribution in [-0.4, -0.2) is 215 Å². The number of pyridine rings is 1. The second-order valence-corrected chi connectivity index (χ2v) is 19.6. The van der Waals surface area contributed by atoms with E-state index in [0.717, 1.165) is 32.9 Å². The molecule has 1 saturated heterocycles. The Morgan fingerprint density at radius 1 is 0.750 bits per heavy atom. The fourth-order valence-corrected chi connectivity index (χ4v) is 8.61. The molecule has 0 saturated carbocycles. The van der Waals surface area contributed by atoms with Crippen molar-refractivity contribution in [3.8, 4) is 17.0 Å². The topological polar surface area (TPSA) is 538 Å². The number of benzene rings is 1. The summed E-state index contributed by atoms with van der Waals surface area (Å²) in [6, 6.07) is -9.88. The van der Waals surface area contributed by atoms with Gasteiger partial charge in [-0.2, -0.15) is 0 Å². The third-order valence-corrected chi connectivity index (χ3v) is 13.2. The molecular formula is C49H70N14O21. The average molecular weight is 1190 g/mol. The van der Waals surface area contributed by atoms with E-state index >= 15 is 0 Å². The van der Waals surface area contributed by atoms with Crippen molar-refractivity contribution in [3.63, 3.8) is 0 Å². The maximum Gasteiger partial charge on any atom is 0.305 e. The number of rotatable bonds is 24. The molecule has 0 spiro atoms. The number of amides is 12. The molecular weight excluding hydrogens is 1120 g/mol. The van der Waals surface area contributed by atoms with E-state index in [1.807, 2.05) is 0 Å². The summed E-state index contributed by atoms with van der Waals surface area (Å²) in [5.41, 5.74) is 4.34. The summed E-state index contributed by atoms with van der Waals surface area (Å²) >= 11 is 0. The van der Waals surface area contributed by atoms with Crippen molar-refractivity contribution in [2.45, 2.75) is 133 Å². The minimum atomic E-state index is -1.95. The number of hydrogen-bond acceptors (Lipinski definition) is 21. The summed E-state index contributed by atoms with van der Waals surface area (Å²) in [4.78, 5) is 182. The normalized spacial score (nSPS) is 19.8. The average Bonchev–Trinajstić information content (AvgIpc) is 3.57. The Labute approximate surface area is 477 Å². The predicted molar refractivity (Wildman–Crippen MR) is 284 cm³/mol. The fourth-order valence-electron chi connectivity index (χ4n) is 8.61. The van der Waals surface area contributed by atoms with Gasteiger partial charge in [-0.3, -0.25) is 77.5 Å². The summed E-state index contributed by atoms with van der Waals surface area (Å²) in [6.07, 6.45) is -5.39. The molecule has 0 radical (unpaired) electrons. The van der Waals surface area contributed by atoms with Gasteiger partial charge in [0.15, 0.2) is 5.75 Å². The van der Waals surface area contributed by atoms with Crippen LogP contribution in [0.15, 0.2) is 23.0 Å². The van der Waals surface area contributed by atoms with Crippen molar-refractivity contribution in [1.29, 1.82) is 0 Å². The lowest BCUT2D eigenvalue weighted by Gasteiger charge is -2.34. The van der Waals surface area contributed by atoms with Gasteiger partial charge in [-0.15, -0.1) is 0 Å². The number of nitrogens with one attached hydrogen (secondary N) is 10. The zero-order valence-corrected chi connectivity index (χ0v) is 45.8. The Morgan fingerprint density at radius 2 is 1.38 bits per heavy atom. The van der Waals surface area contributed by atoms with Gasteiger partial charge in [-0.05, 0) is 64.0 Å². The van der Waals surface area contributed by atoms with Crippen LogP contribution in [0.2, 0.25) is 0 Å². The summed E-state index contributed by atoms with van der Waals surface area (Å²) in [7, 11) is 0. The van der Waals surface area contributed by atoms with E-state index in [9.17, 15) is 103 Å². The SMILES string of the molecule is CC(=O)N(O)CCCC(NC(=O)C(C)NC(=O)C(CO)NC(=O)C1CCNc2c(NC(=O)CC(O)C(N)=O)cc3cc(O)c(=O)cc-3n21)C(=O)NC1CCCNC(=O)C(CO)NC(=O)C(CCCN(O)C(C)=O)NC(=O)C(CC(=O)O)NC1=O. The number of phenols is 1. The van der Waals surface area contributed by atoms with Gasteiger partial charge in [0, 0.05) is 51.7 Å². The number of carbonyl (C=O) groups is 13. The summed E-state index contributed by atoms with van der Waals surface area (Å²) in [5, 5.41) is 94.9. The Bertz CT molecular complexity index is 2850. The molecule has 4 aliphatic rings. The molecule has 462 valence electrons. The van der Waals surface area contributed by atoms with Gasteiger partial charge in [0.2, 0.25) is 76.3 Å². The Hall–Kier alpha value is -9.06. The first-order valence-electron chi connectivity index (χ1n) is 26.3. The molecule has 19 N–H and O–H groups in total. The summed E-state index contributed by atoms with van der Waals surface area (Å²) < 4.78 is 1.27. The molecule has 9 unspecified atom stereocenters. The lowest BCUT2D eigenvalue weighted by Crippen LogP contribution is -2.60. The van der Waals surface area contributed by atoms with Gasteiger partial charge >= 0.3 is 5.97 Å². The number of hydrogen-bond donors (Lipinski definition) is 18. The molecule has 0 aromatic carbocycles. The van der Waals surface area contributed by atoms with Crippen LogP contribution in [0.3, 0.4) is 0 Å². The van der Waals surface area contributed by atoms with Crippen LogP contribution >= 0.6 is 0 Å². The number of anilines is 2. The number of aliphatic hydroxyl groups excluding tert-OH is 3. The highest BCUT2D eigenvalue weighted by Gasteiger charge is 2.37. The lowest BCUT2D eigenvalue weighted by molar-refractivity contribution is -0.163. The number of aromatic hydroxyl groups is 1. The lowest BCUT2D eigenvalue weighted by atomic mass is 10.0. The summed E-state index contributed by atoms with van der Waals surface area (Å²) in [5.74, 6) is -14.7. The molecule has 3 heterocycles. The number of aliphatic carboxylic acids is 1. The number of carbonyl (C=O) groups excluding carboxylic acids is 12. The number of carboxylic acid groups (broad SMARTS) is 1. The van der Waals surface area contributed by atoms with E-state index < -0.39 is 181 Å². The predicted octanol–water partition coefficient (Wildman–Crippen LogP) is -6.99. The molecule has 0 aromatic heterocycles. The van der Waals surface area contributed by atoms with Crippen molar-refractivity contribution in [3.05, 3.63) is 28.4 Å². The van der Waals surface area contributed by atoms with Gasteiger partial charge in [-0.25, -0.2) is 10.1 Å². The zero-order chi connectivity index (χ0) is 62.7. The Morgan fingerprint density at radius 3 is 2.00 bits per heavy atom. The van der Waals surface area contributed by atoms with E-state index in [1.165, 1.54) is 10.6 Å².